The SMILES string of the molecule is CCc1cccc2c1CCN2S(=O)(=O)c1cccc2c(=O)[nH]ccc12. The van der Waals surface area contributed by atoms with Gasteiger partial charge in [0.1, 0.15) is 0 Å². The number of anilines is 1. The minimum absolute atomic E-state index is 0.172. The first kappa shape index (κ1) is 15.9. The molecule has 0 saturated carbocycles. The molecule has 1 aromatic heterocycles. The van der Waals surface area contributed by atoms with E-state index in [0.29, 0.717) is 23.7 Å². The zero-order valence-corrected chi connectivity index (χ0v) is 14.6. The lowest BCUT2D eigenvalue weighted by molar-refractivity contribution is 0.593. The summed E-state index contributed by atoms with van der Waals surface area (Å²) in [6.07, 6.45) is 3.07. The number of hydrogen-bond donors (Lipinski definition) is 1. The van der Waals surface area contributed by atoms with Crippen LogP contribution < -0.4 is 9.86 Å². The van der Waals surface area contributed by atoms with Crippen LogP contribution >= 0.6 is 0 Å². The van der Waals surface area contributed by atoms with E-state index < -0.39 is 10.0 Å². The largest absolute Gasteiger partial charge is 0.329 e. The maximum atomic E-state index is 13.3. The summed E-state index contributed by atoms with van der Waals surface area (Å²) in [6, 6.07) is 12.3. The van der Waals surface area contributed by atoms with E-state index in [2.05, 4.69) is 11.9 Å². The number of aryl methyl sites for hydroxylation is 1. The summed E-state index contributed by atoms with van der Waals surface area (Å²) in [6.45, 7) is 2.50. The molecule has 6 heteroatoms. The van der Waals surface area contributed by atoms with Crippen molar-refractivity contribution in [1.29, 1.82) is 0 Å². The van der Waals surface area contributed by atoms with Crippen molar-refractivity contribution in [2.45, 2.75) is 24.7 Å². The summed E-state index contributed by atoms with van der Waals surface area (Å²) in [5.41, 5.74) is 2.75. The Morgan fingerprint density at radius 3 is 2.68 bits per heavy atom. The molecule has 0 bridgehead atoms. The second-order valence-electron chi connectivity index (χ2n) is 6.12. The third-order valence-corrected chi connectivity index (χ3v) is 6.68. The average molecular weight is 354 g/mol. The Kier molecular flexibility index (Phi) is 3.65. The number of H-pyrrole nitrogens is 1. The molecule has 0 radical (unpaired) electrons. The van der Waals surface area contributed by atoms with Gasteiger partial charge >= 0.3 is 0 Å². The van der Waals surface area contributed by atoms with Crippen LogP contribution in [0.15, 0.2) is 58.4 Å². The number of benzene rings is 2. The lowest BCUT2D eigenvalue weighted by Crippen LogP contribution is -2.29. The van der Waals surface area contributed by atoms with E-state index in [-0.39, 0.29) is 10.5 Å². The summed E-state index contributed by atoms with van der Waals surface area (Å²) in [5.74, 6) is 0. The topological polar surface area (TPSA) is 70.2 Å². The average Bonchev–Trinajstić information content (AvgIpc) is 3.06. The molecule has 4 rings (SSSR count). The third-order valence-electron chi connectivity index (χ3n) is 4.81. The fourth-order valence-corrected chi connectivity index (χ4v) is 5.30. The lowest BCUT2D eigenvalue weighted by atomic mass is 10.0. The van der Waals surface area contributed by atoms with E-state index in [0.717, 1.165) is 17.7 Å². The predicted molar refractivity (Wildman–Crippen MR) is 98.6 cm³/mol. The maximum Gasteiger partial charge on any atom is 0.264 e. The van der Waals surface area contributed by atoms with Gasteiger partial charge in [-0.2, -0.15) is 0 Å². The molecule has 0 fully saturated rings. The molecule has 2 heterocycles. The Hall–Kier alpha value is -2.60. The van der Waals surface area contributed by atoms with Crippen LogP contribution in [0.25, 0.3) is 10.8 Å². The van der Waals surface area contributed by atoms with Crippen LogP contribution in [0, 0.1) is 0 Å². The number of nitrogens with one attached hydrogen (secondary N) is 1. The summed E-state index contributed by atoms with van der Waals surface area (Å²) >= 11 is 0. The molecule has 0 unspecified atom stereocenters. The van der Waals surface area contributed by atoms with Crippen molar-refractivity contribution in [1.82, 2.24) is 4.98 Å². The summed E-state index contributed by atoms with van der Waals surface area (Å²) in [4.78, 5) is 14.8. The number of hydrogen-bond acceptors (Lipinski definition) is 3. The summed E-state index contributed by atoms with van der Waals surface area (Å²) in [5, 5.41) is 0.830. The van der Waals surface area contributed by atoms with E-state index in [1.807, 2.05) is 18.2 Å². The van der Waals surface area contributed by atoms with Crippen molar-refractivity contribution < 1.29 is 8.42 Å². The summed E-state index contributed by atoms with van der Waals surface area (Å²) < 4.78 is 28.1. The van der Waals surface area contributed by atoms with Crippen molar-refractivity contribution in [2.24, 2.45) is 0 Å². The van der Waals surface area contributed by atoms with Crippen molar-refractivity contribution in [2.75, 3.05) is 10.8 Å². The fraction of sp³-hybridized carbons (Fsp3) is 0.211. The molecule has 128 valence electrons. The van der Waals surface area contributed by atoms with Gasteiger partial charge in [-0.1, -0.05) is 25.1 Å². The highest BCUT2D eigenvalue weighted by Crippen LogP contribution is 2.36. The Balaban J connectivity index is 1.92. The van der Waals surface area contributed by atoms with Gasteiger partial charge in [-0.25, -0.2) is 8.42 Å². The minimum atomic E-state index is -3.74. The Labute approximate surface area is 146 Å². The molecule has 0 saturated heterocycles. The highest BCUT2D eigenvalue weighted by atomic mass is 32.2. The van der Waals surface area contributed by atoms with Gasteiger partial charge in [-0.15, -0.1) is 0 Å². The predicted octanol–water partition coefficient (Wildman–Crippen LogP) is 2.84. The highest BCUT2D eigenvalue weighted by Gasteiger charge is 2.32. The van der Waals surface area contributed by atoms with Gasteiger partial charge in [-0.3, -0.25) is 9.10 Å². The Morgan fingerprint density at radius 2 is 1.88 bits per heavy atom. The smallest absolute Gasteiger partial charge is 0.264 e. The van der Waals surface area contributed by atoms with Crippen LogP contribution in [0.4, 0.5) is 5.69 Å². The van der Waals surface area contributed by atoms with Gasteiger partial charge in [0.05, 0.1) is 10.6 Å². The van der Waals surface area contributed by atoms with Crippen LogP contribution in [-0.2, 0) is 22.9 Å². The zero-order chi connectivity index (χ0) is 17.6. The molecule has 0 aliphatic carbocycles. The number of aromatic amines is 1. The second kappa shape index (κ2) is 5.74. The van der Waals surface area contributed by atoms with Crippen LogP contribution in [0.1, 0.15) is 18.1 Å². The fourth-order valence-electron chi connectivity index (χ4n) is 3.59. The Bertz CT molecular complexity index is 1130. The molecular formula is C19H18N2O3S. The van der Waals surface area contributed by atoms with Crippen LogP contribution in [0.2, 0.25) is 0 Å². The zero-order valence-electron chi connectivity index (χ0n) is 13.8. The van der Waals surface area contributed by atoms with Gasteiger partial charge < -0.3 is 4.98 Å². The van der Waals surface area contributed by atoms with Crippen LogP contribution in [-0.4, -0.2) is 19.9 Å². The monoisotopic (exact) mass is 354 g/mol. The minimum Gasteiger partial charge on any atom is -0.329 e. The molecule has 0 amide bonds. The van der Waals surface area contributed by atoms with Gasteiger partial charge in [0, 0.05) is 23.5 Å². The summed E-state index contributed by atoms with van der Waals surface area (Å²) in [7, 11) is -3.74. The number of fused-ring (bicyclic) bond motifs is 2. The maximum absolute atomic E-state index is 13.3. The number of aromatic nitrogens is 1. The molecule has 0 spiro atoms. The lowest BCUT2D eigenvalue weighted by Gasteiger charge is -2.21. The quantitative estimate of drug-likeness (QED) is 0.786. The van der Waals surface area contributed by atoms with Crippen molar-refractivity contribution in [3.05, 3.63) is 70.1 Å². The first-order valence-electron chi connectivity index (χ1n) is 8.28. The van der Waals surface area contributed by atoms with E-state index in [1.54, 1.807) is 24.3 Å². The molecule has 2 aromatic carbocycles. The van der Waals surface area contributed by atoms with Gasteiger partial charge in [-0.05, 0) is 48.2 Å². The first-order chi connectivity index (χ1) is 12.0. The van der Waals surface area contributed by atoms with Gasteiger partial charge in [0.25, 0.3) is 15.6 Å². The standard InChI is InChI=1S/C19H18N2O3S/c1-2-13-5-3-7-17-14(13)10-12-21(17)25(23,24)18-8-4-6-16-15(18)9-11-20-19(16)22/h3-9,11H,2,10,12H2,1H3,(H,20,22). The van der Waals surface area contributed by atoms with Crippen LogP contribution in [0.5, 0.6) is 0 Å². The van der Waals surface area contributed by atoms with Crippen molar-refractivity contribution >= 4 is 26.5 Å². The van der Waals surface area contributed by atoms with E-state index in [1.165, 1.54) is 16.1 Å². The van der Waals surface area contributed by atoms with Crippen LogP contribution in [0.3, 0.4) is 0 Å². The molecular weight excluding hydrogens is 336 g/mol. The van der Waals surface area contributed by atoms with Gasteiger partial charge in [0.2, 0.25) is 0 Å². The van der Waals surface area contributed by atoms with Crippen molar-refractivity contribution in [3.63, 3.8) is 0 Å². The molecule has 1 N–H and O–H groups in total. The first-order valence-corrected chi connectivity index (χ1v) is 9.72. The van der Waals surface area contributed by atoms with Gasteiger partial charge in [0.15, 0.2) is 0 Å². The second-order valence-corrected chi connectivity index (χ2v) is 7.95. The highest BCUT2D eigenvalue weighted by molar-refractivity contribution is 7.93. The number of rotatable bonds is 3. The van der Waals surface area contributed by atoms with E-state index in [9.17, 15) is 13.2 Å². The molecule has 1 aliphatic heterocycles. The number of nitrogens with zero attached hydrogens (tertiary/aromatic N) is 1. The molecule has 1 aliphatic rings. The Morgan fingerprint density at radius 1 is 1.08 bits per heavy atom. The molecule has 0 atom stereocenters. The van der Waals surface area contributed by atoms with E-state index >= 15 is 0 Å². The van der Waals surface area contributed by atoms with Crippen molar-refractivity contribution in [3.8, 4) is 0 Å². The molecule has 5 nitrogen and oxygen atoms in total. The third kappa shape index (κ3) is 2.36. The van der Waals surface area contributed by atoms with E-state index in [4.69, 9.17) is 0 Å². The molecule has 3 aromatic rings. The number of sulfonamides is 1. The molecule has 25 heavy (non-hydrogen) atoms. The normalized spacial score (nSPS) is 14.0. The number of pyridine rings is 1.